The Kier molecular flexibility index (Phi) is 2.85. The highest BCUT2D eigenvalue weighted by atomic mass is 16.5. The quantitative estimate of drug-likeness (QED) is 0.501. The molecule has 1 fully saturated rings. The average Bonchev–Trinajstić information content (AvgIpc) is 2.46. The highest BCUT2D eigenvalue weighted by Gasteiger charge is 2.47. The first-order valence-corrected chi connectivity index (χ1v) is 6.32. The van der Waals surface area contributed by atoms with Crippen molar-refractivity contribution in [3.63, 3.8) is 0 Å². The zero-order chi connectivity index (χ0) is 11.8. The van der Waals surface area contributed by atoms with Gasteiger partial charge in [-0.1, -0.05) is 26.3 Å². The molecule has 0 unspecified atom stereocenters. The summed E-state index contributed by atoms with van der Waals surface area (Å²) in [5, 5.41) is 0. The Hall–Kier alpha value is -0.790. The lowest BCUT2D eigenvalue weighted by atomic mass is 9.63. The molecule has 2 atom stereocenters. The minimum atomic E-state index is -0.170. The Morgan fingerprint density at radius 3 is 2.50 bits per heavy atom. The Labute approximate surface area is 98.1 Å². The van der Waals surface area contributed by atoms with Crippen molar-refractivity contribution in [2.45, 2.75) is 59.0 Å². The predicted octanol–water partition coefficient (Wildman–Crippen LogP) is 3.46. The second-order valence-corrected chi connectivity index (χ2v) is 5.94. The number of carbonyl (C=O) groups excluding carboxylic acids is 1. The average molecular weight is 222 g/mol. The van der Waals surface area contributed by atoms with Crippen LogP contribution >= 0.6 is 0 Å². The van der Waals surface area contributed by atoms with Gasteiger partial charge in [0.2, 0.25) is 0 Å². The van der Waals surface area contributed by atoms with Crippen LogP contribution in [0.1, 0.15) is 52.9 Å². The number of hydrogen-bond donors (Lipinski definition) is 0. The van der Waals surface area contributed by atoms with Crippen LogP contribution in [0.3, 0.4) is 0 Å². The standard InChI is InChI=1S/C14H22O2/c1-11(15)16-12-5-9-14(10-6-12)8-4-7-13(14,2)3/h5,9,12H,4,6-8,10H2,1-3H3/t12-,14-/m0/s1. The molecular weight excluding hydrogens is 200 g/mol. The number of carbonyl (C=O) groups is 1. The highest BCUT2D eigenvalue weighted by Crippen LogP contribution is 2.57. The van der Waals surface area contributed by atoms with Crippen LogP contribution in [-0.2, 0) is 9.53 Å². The van der Waals surface area contributed by atoms with Gasteiger partial charge in [-0.05, 0) is 42.6 Å². The van der Waals surface area contributed by atoms with Crippen LogP contribution in [0, 0.1) is 10.8 Å². The molecule has 0 saturated heterocycles. The van der Waals surface area contributed by atoms with E-state index >= 15 is 0 Å². The Morgan fingerprint density at radius 2 is 2.06 bits per heavy atom. The first-order valence-electron chi connectivity index (χ1n) is 6.32. The topological polar surface area (TPSA) is 26.3 Å². The summed E-state index contributed by atoms with van der Waals surface area (Å²) in [5.74, 6) is -0.170. The molecule has 0 N–H and O–H groups in total. The highest BCUT2D eigenvalue weighted by molar-refractivity contribution is 5.66. The van der Waals surface area contributed by atoms with Gasteiger partial charge in [-0.3, -0.25) is 4.79 Å². The molecule has 1 spiro atoms. The minimum Gasteiger partial charge on any atom is -0.458 e. The number of allylic oxidation sites excluding steroid dienone is 1. The first-order chi connectivity index (χ1) is 7.45. The molecule has 2 aliphatic rings. The fourth-order valence-corrected chi connectivity index (χ4v) is 3.39. The molecular formula is C14H22O2. The van der Waals surface area contributed by atoms with Gasteiger partial charge < -0.3 is 4.74 Å². The summed E-state index contributed by atoms with van der Waals surface area (Å²) < 4.78 is 5.24. The van der Waals surface area contributed by atoms with Crippen LogP contribution in [0.5, 0.6) is 0 Å². The molecule has 16 heavy (non-hydrogen) atoms. The predicted molar refractivity (Wildman–Crippen MR) is 64.0 cm³/mol. The molecule has 90 valence electrons. The van der Waals surface area contributed by atoms with Gasteiger partial charge in [0.15, 0.2) is 0 Å². The lowest BCUT2D eigenvalue weighted by Crippen LogP contribution is -2.35. The molecule has 2 rings (SSSR count). The van der Waals surface area contributed by atoms with Gasteiger partial charge in [-0.15, -0.1) is 0 Å². The van der Waals surface area contributed by atoms with Gasteiger partial charge in [0.05, 0.1) is 0 Å². The lowest BCUT2D eigenvalue weighted by molar-refractivity contribution is -0.145. The molecule has 0 amide bonds. The van der Waals surface area contributed by atoms with Gasteiger partial charge in [0.1, 0.15) is 6.10 Å². The van der Waals surface area contributed by atoms with Gasteiger partial charge >= 0.3 is 5.97 Å². The summed E-state index contributed by atoms with van der Waals surface area (Å²) in [7, 11) is 0. The summed E-state index contributed by atoms with van der Waals surface area (Å²) in [6.45, 7) is 6.23. The Bertz CT molecular complexity index is 317. The van der Waals surface area contributed by atoms with E-state index in [1.165, 1.54) is 26.2 Å². The molecule has 2 nitrogen and oxygen atoms in total. The first kappa shape index (κ1) is 11.7. The van der Waals surface area contributed by atoms with Gasteiger partial charge in [0, 0.05) is 6.92 Å². The third-order valence-electron chi connectivity index (χ3n) is 4.59. The van der Waals surface area contributed by atoms with E-state index in [0.717, 1.165) is 12.8 Å². The second kappa shape index (κ2) is 3.90. The molecule has 1 saturated carbocycles. The molecule has 0 bridgehead atoms. The molecule has 0 aromatic carbocycles. The number of hydrogen-bond acceptors (Lipinski definition) is 2. The van der Waals surface area contributed by atoms with E-state index in [1.807, 2.05) is 0 Å². The van der Waals surface area contributed by atoms with Crippen LogP contribution < -0.4 is 0 Å². The molecule has 0 aromatic heterocycles. The normalized spacial score (nSPS) is 36.6. The van der Waals surface area contributed by atoms with Crippen molar-refractivity contribution in [1.29, 1.82) is 0 Å². The van der Waals surface area contributed by atoms with Gasteiger partial charge in [-0.2, -0.15) is 0 Å². The van der Waals surface area contributed by atoms with Crippen LogP contribution in [0.4, 0.5) is 0 Å². The maximum Gasteiger partial charge on any atom is 0.303 e. The van der Waals surface area contributed by atoms with E-state index in [4.69, 9.17) is 4.74 Å². The summed E-state index contributed by atoms with van der Waals surface area (Å²) >= 11 is 0. The Balaban J connectivity index is 2.09. The van der Waals surface area contributed by atoms with E-state index in [9.17, 15) is 4.79 Å². The van der Waals surface area contributed by atoms with Crippen molar-refractivity contribution in [2.75, 3.05) is 0 Å². The second-order valence-electron chi connectivity index (χ2n) is 5.94. The van der Waals surface area contributed by atoms with E-state index in [-0.39, 0.29) is 12.1 Å². The van der Waals surface area contributed by atoms with Gasteiger partial charge in [-0.25, -0.2) is 0 Å². The maximum atomic E-state index is 10.9. The third kappa shape index (κ3) is 1.90. The number of ether oxygens (including phenoxy) is 1. The summed E-state index contributed by atoms with van der Waals surface area (Å²) in [5.41, 5.74) is 0.772. The SMILES string of the molecule is CC(=O)O[C@H]1C=C[C@@]2(CCCC2(C)C)CC1. The van der Waals surface area contributed by atoms with Crippen molar-refractivity contribution in [1.82, 2.24) is 0 Å². The Morgan fingerprint density at radius 1 is 1.31 bits per heavy atom. The van der Waals surface area contributed by atoms with E-state index in [1.54, 1.807) is 0 Å². The molecule has 2 heteroatoms. The van der Waals surface area contributed by atoms with Crippen molar-refractivity contribution >= 4 is 5.97 Å². The lowest BCUT2D eigenvalue weighted by Gasteiger charge is -2.42. The van der Waals surface area contributed by atoms with Crippen LogP contribution in [0.15, 0.2) is 12.2 Å². The van der Waals surface area contributed by atoms with Gasteiger partial charge in [0.25, 0.3) is 0 Å². The monoisotopic (exact) mass is 222 g/mol. The summed E-state index contributed by atoms with van der Waals surface area (Å²) in [4.78, 5) is 10.9. The molecule has 2 aliphatic carbocycles. The van der Waals surface area contributed by atoms with Crippen molar-refractivity contribution in [3.8, 4) is 0 Å². The van der Waals surface area contributed by atoms with Crippen molar-refractivity contribution < 1.29 is 9.53 Å². The largest absolute Gasteiger partial charge is 0.458 e. The van der Waals surface area contributed by atoms with Crippen molar-refractivity contribution in [2.24, 2.45) is 10.8 Å². The smallest absolute Gasteiger partial charge is 0.303 e. The molecule has 0 aliphatic heterocycles. The summed E-state index contributed by atoms with van der Waals surface area (Å²) in [6.07, 6.45) is 10.5. The van der Waals surface area contributed by atoms with E-state index in [2.05, 4.69) is 26.0 Å². The van der Waals surface area contributed by atoms with Crippen LogP contribution in [-0.4, -0.2) is 12.1 Å². The minimum absolute atomic E-state index is 0.0134. The number of rotatable bonds is 1. The van der Waals surface area contributed by atoms with Crippen LogP contribution in [0.2, 0.25) is 0 Å². The molecule has 0 radical (unpaired) electrons. The molecule has 0 aromatic rings. The van der Waals surface area contributed by atoms with E-state index in [0.29, 0.717) is 10.8 Å². The molecule has 0 heterocycles. The maximum absolute atomic E-state index is 10.9. The number of esters is 1. The van der Waals surface area contributed by atoms with E-state index < -0.39 is 0 Å². The third-order valence-corrected chi connectivity index (χ3v) is 4.59. The zero-order valence-corrected chi connectivity index (χ0v) is 10.6. The zero-order valence-electron chi connectivity index (χ0n) is 10.6. The fraction of sp³-hybridized carbons (Fsp3) is 0.786. The summed E-state index contributed by atoms with van der Waals surface area (Å²) in [6, 6.07) is 0. The van der Waals surface area contributed by atoms with Crippen LogP contribution in [0.25, 0.3) is 0 Å². The fourth-order valence-electron chi connectivity index (χ4n) is 3.39. The van der Waals surface area contributed by atoms with Crippen molar-refractivity contribution in [3.05, 3.63) is 12.2 Å².